The number of nitrogens with zero attached hydrogens (tertiary/aromatic N) is 3. The van der Waals surface area contributed by atoms with Gasteiger partial charge in [0.05, 0.1) is 11.9 Å². The number of amides is 1. The zero-order valence-electron chi connectivity index (χ0n) is 11.7. The van der Waals surface area contributed by atoms with E-state index in [2.05, 4.69) is 20.1 Å². The molecule has 0 aliphatic rings. The lowest BCUT2D eigenvalue weighted by Crippen LogP contribution is -2.23. The number of rotatable bonds is 2. The van der Waals surface area contributed by atoms with Crippen molar-refractivity contribution in [3.63, 3.8) is 0 Å². The van der Waals surface area contributed by atoms with Gasteiger partial charge in [0.15, 0.2) is 0 Å². The van der Waals surface area contributed by atoms with Gasteiger partial charge in [0.2, 0.25) is 5.90 Å². The topological polar surface area (TPSA) is 119 Å². The molecule has 2 heterocycles. The molecule has 23 heavy (non-hydrogen) atoms. The van der Waals surface area contributed by atoms with Gasteiger partial charge in [-0.15, -0.1) is 0 Å². The summed E-state index contributed by atoms with van der Waals surface area (Å²) in [5.41, 5.74) is 3.77. The van der Waals surface area contributed by atoms with E-state index in [0.29, 0.717) is 10.7 Å². The molecule has 0 saturated heterocycles. The average Bonchev–Trinajstić information content (AvgIpc) is 2.93. The highest BCUT2D eigenvalue weighted by atomic mass is 19.4. The second-order valence-corrected chi connectivity index (χ2v) is 4.23. The molecule has 0 radical (unpaired) electrons. The molecule has 1 amide bonds. The number of nitrogen functional groups attached to an aromatic ring is 1. The number of alkyl carbamates (subject to hydrolysis) is 1. The first-order valence-corrected chi connectivity index (χ1v) is 6.10. The largest absolute Gasteiger partial charge is 0.433 e. The molecule has 0 aliphatic carbocycles. The van der Waals surface area contributed by atoms with Gasteiger partial charge in [-0.1, -0.05) is 0 Å². The summed E-state index contributed by atoms with van der Waals surface area (Å²) in [6.45, 7) is 0. The molecule has 0 aromatic carbocycles. The Morgan fingerprint density at radius 1 is 1.43 bits per heavy atom. The number of ether oxygens (including phenoxy) is 1. The average molecular weight is 328 g/mol. The lowest BCUT2D eigenvalue weighted by Gasteiger charge is -2.09. The van der Waals surface area contributed by atoms with E-state index in [4.69, 9.17) is 11.1 Å². The molecule has 0 saturated carbocycles. The lowest BCUT2D eigenvalue weighted by atomic mass is 10.3. The summed E-state index contributed by atoms with van der Waals surface area (Å²) in [6, 6.07) is 3.20. The van der Waals surface area contributed by atoms with E-state index in [0.717, 1.165) is 6.20 Å². The van der Waals surface area contributed by atoms with Crippen molar-refractivity contribution in [2.45, 2.75) is 6.18 Å². The van der Waals surface area contributed by atoms with Gasteiger partial charge in [0.1, 0.15) is 17.2 Å². The summed E-state index contributed by atoms with van der Waals surface area (Å²) in [6.07, 6.45) is -4.63. The smallest absolute Gasteiger partial charge is 0.389 e. The molecule has 0 aliphatic heterocycles. The number of carbonyl (C=O) groups excluding carboxylic acids is 1. The quantitative estimate of drug-likeness (QED) is 0.571. The third-order valence-corrected chi connectivity index (χ3v) is 2.65. The number of hydrogen-bond acceptors (Lipinski definition) is 6. The summed E-state index contributed by atoms with van der Waals surface area (Å²) >= 11 is 0. The lowest BCUT2D eigenvalue weighted by molar-refractivity contribution is -0.142. The SMILES string of the molecule is CNC(=O)OC(=N)c1cc(C(F)(F)F)n(-c2ccc(N)nc2)n1. The minimum Gasteiger partial charge on any atom is -0.389 e. The molecule has 8 nitrogen and oxygen atoms in total. The summed E-state index contributed by atoms with van der Waals surface area (Å²) in [5.74, 6) is -0.692. The number of aromatic nitrogens is 3. The van der Waals surface area contributed by atoms with Crippen molar-refractivity contribution in [3.8, 4) is 5.69 Å². The van der Waals surface area contributed by atoms with Crippen LogP contribution in [-0.4, -0.2) is 33.8 Å². The van der Waals surface area contributed by atoms with Gasteiger partial charge in [0.25, 0.3) is 0 Å². The van der Waals surface area contributed by atoms with Gasteiger partial charge in [-0.05, 0) is 12.1 Å². The van der Waals surface area contributed by atoms with Gasteiger partial charge in [0, 0.05) is 13.1 Å². The van der Waals surface area contributed by atoms with E-state index in [-0.39, 0.29) is 11.5 Å². The molecular formula is C12H11F3N6O2. The Kier molecular flexibility index (Phi) is 4.20. The summed E-state index contributed by atoms with van der Waals surface area (Å²) in [5, 5.41) is 13.2. The Balaban J connectivity index is 2.47. The molecule has 2 rings (SSSR count). The van der Waals surface area contributed by atoms with Crippen molar-refractivity contribution >= 4 is 17.8 Å². The zero-order chi connectivity index (χ0) is 17.2. The van der Waals surface area contributed by atoms with E-state index in [1.54, 1.807) is 0 Å². The Bertz CT molecular complexity index is 738. The number of alkyl halides is 3. The fourth-order valence-corrected chi connectivity index (χ4v) is 1.61. The Hall–Kier alpha value is -3.11. The number of hydrogen-bond donors (Lipinski definition) is 3. The number of carbonyl (C=O) groups is 1. The first kappa shape index (κ1) is 16.3. The number of nitrogens with one attached hydrogen (secondary N) is 2. The van der Waals surface area contributed by atoms with Gasteiger partial charge in [-0.25, -0.2) is 14.5 Å². The first-order valence-electron chi connectivity index (χ1n) is 6.10. The molecule has 2 aromatic heterocycles. The van der Waals surface area contributed by atoms with Crippen LogP contribution < -0.4 is 11.1 Å². The normalized spacial score (nSPS) is 11.1. The third kappa shape index (κ3) is 3.56. The zero-order valence-corrected chi connectivity index (χ0v) is 11.7. The van der Waals surface area contributed by atoms with Crippen LogP contribution in [-0.2, 0) is 10.9 Å². The van der Waals surface area contributed by atoms with Crippen LogP contribution in [0.25, 0.3) is 5.69 Å². The van der Waals surface area contributed by atoms with Crippen LogP contribution in [0.4, 0.5) is 23.8 Å². The van der Waals surface area contributed by atoms with E-state index in [1.165, 1.54) is 19.2 Å². The number of pyridine rings is 1. The van der Waals surface area contributed by atoms with Crippen molar-refractivity contribution < 1.29 is 22.7 Å². The summed E-state index contributed by atoms with van der Waals surface area (Å²) < 4.78 is 44.4. The maximum Gasteiger partial charge on any atom is 0.433 e. The summed E-state index contributed by atoms with van der Waals surface area (Å²) in [7, 11) is 1.25. The van der Waals surface area contributed by atoms with Crippen LogP contribution in [0.15, 0.2) is 24.4 Å². The van der Waals surface area contributed by atoms with Crippen molar-refractivity contribution in [3.05, 3.63) is 35.8 Å². The molecule has 4 N–H and O–H groups in total. The maximum absolute atomic E-state index is 13.1. The van der Waals surface area contributed by atoms with Gasteiger partial charge in [-0.3, -0.25) is 5.41 Å². The molecule has 0 spiro atoms. The molecule has 0 bridgehead atoms. The Labute approximate surface area is 127 Å². The van der Waals surface area contributed by atoms with Crippen molar-refractivity contribution in [2.24, 2.45) is 0 Å². The van der Waals surface area contributed by atoms with Crippen LogP contribution in [0.5, 0.6) is 0 Å². The van der Waals surface area contributed by atoms with Crippen molar-refractivity contribution in [1.82, 2.24) is 20.1 Å². The van der Waals surface area contributed by atoms with Gasteiger partial charge >= 0.3 is 12.3 Å². The fourth-order valence-electron chi connectivity index (χ4n) is 1.61. The van der Waals surface area contributed by atoms with Crippen LogP contribution in [0.2, 0.25) is 0 Å². The fraction of sp³-hybridized carbons (Fsp3) is 0.167. The molecule has 11 heteroatoms. The van der Waals surface area contributed by atoms with E-state index in [1.807, 2.05) is 0 Å². The minimum absolute atomic E-state index is 0.00878. The predicted octanol–water partition coefficient (Wildman–Crippen LogP) is 1.55. The van der Waals surface area contributed by atoms with Crippen LogP contribution in [0.3, 0.4) is 0 Å². The monoisotopic (exact) mass is 328 g/mol. The standard InChI is InChI=1S/C12H11F3N6O2/c1-18-11(22)23-10(17)7-4-8(12(13,14)15)21(20-7)6-2-3-9(16)19-5-6/h2-5,17H,1H3,(H2,16,19)(H,18,22). The number of nitrogens with two attached hydrogens (primary N) is 1. The van der Waals surface area contributed by atoms with E-state index in [9.17, 15) is 18.0 Å². The van der Waals surface area contributed by atoms with Gasteiger partial charge in [-0.2, -0.15) is 18.3 Å². The number of halogens is 3. The van der Waals surface area contributed by atoms with E-state index >= 15 is 0 Å². The van der Waals surface area contributed by atoms with Crippen molar-refractivity contribution in [1.29, 1.82) is 5.41 Å². The highest BCUT2D eigenvalue weighted by Crippen LogP contribution is 2.31. The highest BCUT2D eigenvalue weighted by Gasteiger charge is 2.37. The second kappa shape index (κ2) is 5.94. The highest BCUT2D eigenvalue weighted by molar-refractivity contribution is 5.96. The van der Waals surface area contributed by atoms with Crippen LogP contribution in [0, 0.1) is 5.41 Å². The predicted molar refractivity (Wildman–Crippen MR) is 73.1 cm³/mol. The van der Waals surface area contributed by atoms with Gasteiger partial charge < -0.3 is 15.8 Å². The second-order valence-electron chi connectivity index (χ2n) is 4.23. The third-order valence-electron chi connectivity index (χ3n) is 2.65. The summed E-state index contributed by atoms with van der Waals surface area (Å²) in [4.78, 5) is 14.7. The maximum atomic E-state index is 13.1. The van der Waals surface area contributed by atoms with Crippen molar-refractivity contribution in [2.75, 3.05) is 12.8 Å². The molecular weight excluding hydrogens is 317 g/mol. The minimum atomic E-state index is -4.74. The number of anilines is 1. The molecule has 0 unspecified atom stereocenters. The Morgan fingerprint density at radius 2 is 2.13 bits per heavy atom. The first-order chi connectivity index (χ1) is 10.7. The molecule has 0 fully saturated rings. The molecule has 122 valence electrons. The van der Waals surface area contributed by atoms with Crippen LogP contribution in [0.1, 0.15) is 11.4 Å². The van der Waals surface area contributed by atoms with Crippen LogP contribution >= 0.6 is 0 Å². The molecule has 2 aromatic rings. The van der Waals surface area contributed by atoms with E-state index < -0.39 is 29.6 Å². The Morgan fingerprint density at radius 3 is 2.65 bits per heavy atom. The molecule has 0 atom stereocenters.